The number of hydrogen-bond donors (Lipinski definition) is 4. The molecule has 0 saturated heterocycles. The molecule has 1 atom stereocenters. The first-order chi connectivity index (χ1) is 7.70. The fraction of sp³-hybridized carbons (Fsp3) is 0.222. The Balaban J connectivity index is 0.000000437. The Morgan fingerprint density at radius 2 is 1.65 bits per heavy atom. The molecule has 0 aliphatic rings. The monoisotopic (exact) mass is 263 g/mol. The Morgan fingerprint density at radius 1 is 1.24 bits per heavy atom. The summed E-state index contributed by atoms with van der Waals surface area (Å²) in [5.41, 5.74) is 6.30. The summed E-state index contributed by atoms with van der Waals surface area (Å²) in [6, 6.07) is 8.54. The lowest BCUT2D eigenvalue weighted by Crippen LogP contribution is -2.32. The van der Waals surface area contributed by atoms with E-state index in [9.17, 15) is 4.79 Å². The van der Waals surface area contributed by atoms with Crippen molar-refractivity contribution in [3.05, 3.63) is 35.9 Å². The predicted octanol–water partition coefficient (Wildman–Crippen LogP) is -0.0118. The van der Waals surface area contributed by atoms with Crippen molar-refractivity contribution in [1.82, 2.24) is 0 Å². The van der Waals surface area contributed by atoms with E-state index in [1.54, 1.807) is 0 Å². The highest BCUT2D eigenvalue weighted by atomic mass is 32.3. The maximum atomic E-state index is 10.4. The summed E-state index contributed by atoms with van der Waals surface area (Å²) in [7, 11) is -4.67. The van der Waals surface area contributed by atoms with Crippen LogP contribution in [0.15, 0.2) is 30.3 Å². The number of nitrogens with two attached hydrogens (primary N) is 1. The quantitative estimate of drug-likeness (QED) is 0.562. The molecule has 0 amide bonds. The van der Waals surface area contributed by atoms with Crippen LogP contribution in [-0.4, -0.2) is 34.6 Å². The molecule has 0 aromatic heterocycles. The zero-order valence-electron chi connectivity index (χ0n) is 8.72. The lowest BCUT2D eigenvalue weighted by molar-refractivity contribution is -0.138. The van der Waals surface area contributed by atoms with Gasteiger partial charge >= 0.3 is 16.4 Å². The van der Waals surface area contributed by atoms with E-state index in [1.165, 1.54) is 0 Å². The molecule has 5 N–H and O–H groups in total. The van der Waals surface area contributed by atoms with Crippen molar-refractivity contribution >= 4 is 16.4 Å². The zero-order chi connectivity index (χ0) is 13.5. The average Bonchev–Trinajstić information content (AvgIpc) is 2.16. The number of hydrogen-bond acceptors (Lipinski definition) is 4. The van der Waals surface area contributed by atoms with Gasteiger partial charge in [0.25, 0.3) is 0 Å². The van der Waals surface area contributed by atoms with Gasteiger partial charge in [0.1, 0.15) is 6.04 Å². The highest BCUT2D eigenvalue weighted by Gasteiger charge is 2.10. The molecular formula is C9H13NO6S. The van der Waals surface area contributed by atoms with Crippen molar-refractivity contribution in [3.8, 4) is 0 Å². The average molecular weight is 263 g/mol. The third-order valence-electron chi connectivity index (χ3n) is 1.62. The van der Waals surface area contributed by atoms with Crippen LogP contribution in [0.5, 0.6) is 0 Å². The van der Waals surface area contributed by atoms with E-state index in [1.807, 2.05) is 30.3 Å². The number of carboxylic acid groups (broad SMARTS) is 1. The van der Waals surface area contributed by atoms with Crippen molar-refractivity contribution < 1.29 is 27.4 Å². The third-order valence-corrected chi connectivity index (χ3v) is 1.62. The van der Waals surface area contributed by atoms with Gasteiger partial charge in [-0.05, 0) is 12.0 Å². The fourth-order valence-corrected chi connectivity index (χ4v) is 0.955. The first-order valence-corrected chi connectivity index (χ1v) is 5.82. The molecule has 0 fully saturated rings. The molecule has 8 heteroatoms. The summed E-state index contributed by atoms with van der Waals surface area (Å²) in [5.74, 6) is -0.959. The van der Waals surface area contributed by atoms with Crippen LogP contribution in [0.2, 0.25) is 0 Å². The van der Waals surface area contributed by atoms with Crippen LogP contribution in [0.1, 0.15) is 5.56 Å². The van der Waals surface area contributed by atoms with Crippen LogP contribution >= 0.6 is 0 Å². The van der Waals surface area contributed by atoms with Crippen molar-refractivity contribution in [3.63, 3.8) is 0 Å². The summed E-state index contributed by atoms with van der Waals surface area (Å²) in [4.78, 5) is 10.4. The first kappa shape index (κ1) is 15.5. The molecule has 0 heterocycles. The molecule has 0 radical (unpaired) electrons. The normalized spacial score (nSPS) is 12.2. The fourth-order valence-electron chi connectivity index (χ4n) is 0.955. The Kier molecular flexibility index (Phi) is 6.36. The molecule has 0 aliphatic heterocycles. The van der Waals surface area contributed by atoms with E-state index in [0.717, 1.165) is 5.56 Å². The minimum absolute atomic E-state index is 0.385. The van der Waals surface area contributed by atoms with Crippen LogP contribution in [0, 0.1) is 0 Å². The maximum Gasteiger partial charge on any atom is 0.394 e. The molecule has 1 aromatic carbocycles. The van der Waals surface area contributed by atoms with Gasteiger partial charge in [0.2, 0.25) is 0 Å². The van der Waals surface area contributed by atoms with Gasteiger partial charge < -0.3 is 10.8 Å². The van der Waals surface area contributed by atoms with Crippen LogP contribution in [0.25, 0.3) is 0 Å². The van der Waals surface area contributed by atoms with Crippen LogP contribution < -0.4 is 5.73 Å². The van der Waals surface area contributed by atoms with Gasteiger partial charge in [0.05, 0.1) is 0 Å². The van der Waals surface area contributed by atoms with Gasteiger partial charge in [-0.25, -0.2) is 0 Å². The summed E-state index contributed by atoms with van der Waals surface area (Å²) in [5, 5.41) is 8.52. The molecule has 0 bridgehead atoms. The molecule has 7 nitrogen and oxygen atoms in total. The molecule has 1 rings (SSSR count). The van der Waals surface area contributed by atoms with Crippen molar-refractivity contribution in [2.45, 2.75) is 12.5 Å². The van der Waals surface area contributed by atoms with Crippen LogP contribution in [0.3, 0.4) is 0 Å². The summed E-state index contributed by atoms with van der Waals surface area (Å²) in [6.45, 7) is 0. The van der Waals surface area contributed by atoms with Crippen molar-refractivity contribution in [2.24, 2.45) is 5.73 Å². The van der Waals surface area contributed by atoms with Gasteiger partial charge in [-0.15, -0.1) is 0 Å². The van der Waals surface area contributed by atoms with E-state index in [-0.39, 0.29) is 0 Å². The Labute approximate surface area is 98.5 Å². The second kappa shape index (κ2) is 6.97. The van der Waals surface area contributed by atoms with Gasteiger partial charge in [0.15, 0.2) is 0 Å². The largest absolute Gasteiger partial charge is 0.480 e. The number of benzene rings is 1. The molecular weight excluding hydrogens is 250 g/mol. The SMILES string of the molecule is NC(Cc1ccccc1)C(=O)O.O=S(=O)(O)O. The highest BCUT2D eigenvalue weighted by Crippen LogP contribution is 2.01. The summed E-state index contributed by atoms with van der Waals surface area (Å²) >= 11 is 0. The maximum absolute atomic E-state index is 10.4. The topological polar surface area (TPSA) is 138 Å². The van der Waals surface area contributed by atoms with Gasteiger partial charge in [-0.2, -0.15) is 8.42 Å². The third kappa shape index (κ3) is 10.8. The molecule has 1 aromatic rings. The molecule has 0 saturated carbocycles. The second-order valence-electron chi connectivity index (χ2n) is 3.08. The zero-order valence-corrected chi connectivity index (χ0v) is 9.54. The number of carboxylic acids is 1. The molecule has 0 aliphatic carbocycles. The highest BCUT2D eigenvalue weighted by molar-refractivity contribution is 7.79. The Bertz CT molecular complexity index is 436. The number of carbonyl (C=O) groups is 1. The lowest BCUT2D eigenvalue weighted by atomic mass is 10.1. The number of rotatable bonds is 3. The van der Waals surface area contributed by atoms with Gasteiger partial charge in [-0.3, -0.25) is 13.9 Å². The molecule has 96 valence electrons. The smallest absolute Gasteiger partial charge is 0.394 e. The molecule has 0 spiro atoms. The van der Waals surface area contributed by atoms with Crippen molar-refractivity contribution in [2.75, 3.05) is 0 Å². The number of aliphatic carboxylic acids is 1. The van der Waals surface area contributed by atoms with E-state index in [2.05, 4.69) is 0 Å². The Morgan fingerprint density at radius 3 is 2.00 bits per heavy atom. The summed E-state index contributed by atoms with van der Waals surface area (Å²) in [6.07, 6.45) is 0.385. The van der Waals surface area contributed by atoms with Crippen LogP contribution in [-0.2, 0) is 21.6 Å². The van der Waals surface area contributed by atoms with Gasteiger partial charge in [0, 0.05) is 0 Å². The Hall–Kier alpha value is -1.48. The van der Waals surface area contributed by atoms with E-state index in [4.69, 9.17) is 28.4 Å². The minimum Gasteiger partial charge on any atom is -0.480 e. The van der Waals surface area contributed by atoms with E-state index < -0.39 is 22.4 Å². The first-order valence-electron chi connectivity index (χ1n) is 4.42. The van der Waals surface area contributed by atoms with E-state index in [0.29, 0.717) is 6.42 Å². The minimum atomic E-state index is -4.67. The van der Waals surface area contributed by atoms with E-state index >= 15 is 0 Å². The lowest BCUT2D eigenvalue weighted by Gasteiger charge is -2.04. The molecule has 17 heavy (non-hydrogen) atoms. The summed E-state index contributed by atoms with van der Waals surface area (Å²) < 4.78 is 31.6. The van der Waals surface area contributed by atoms with Crippen molar-refractivity contribution in [1.29, 1.82) is 0 Å². The second-order valence-corrected chi connectivity index (χ2v) is 3.98. The standard InChI is InChI=1S/C9H11NO2.H2O4S/c10-8(9(11)12)6-7-4-2-1-3-5-7;1-5(2,3)4/h1-5,8H,6,10H2,(H,11,12);(H2,1,2,3,4). The van der Waals surface area contributed by atoms with Gasteiger partial charge in [-0.1, -0.05) is 30.3 Å². The predicted molar refractivity (Wildman–Crippen MR) is 59.9 cm³/mol. The molecule has 1 unspecified atom stereocenters. The van der Waals surface area contributed by atoms with Crippen LogP contribution in [0.4, 0.5) is 0 Å².